The largest absolute Gasteiger partial charge is 0.207 e. The van der Waals surface area contributed by atoms with Gasteiger partial charge in [0.2, 0.25) is 0 Å². The zero-order valence-electron chi connectivity index (χ0n) is 11.9. The molecule has 0 aliphatic heterocycles. The summed E-state index contributed by atoms with van der Waals surface area (Å²) < 4.78 is 40.9. The van der Waals surface area contributed by atoms with Crippen molar-refractivity contribution < 1.29 is 13.2 Å². The van der Waals surface area contributed by atoms with Crippen LogP contribution >= 0.6 is 11.6 Å². The molecule has 1 saturated carbocycles. The maximum Gasteiger partial charge on any atom is 0.133 e. The van der Waals surface area contributed by atoms with Crippen LogP contribution in [0.25, 0.3) is 0 Å². The molecule has 0 amide bonds. The quantitative estimate of drug-likeness (QED) is 0.599. The van der Waals surface area contributed by atoms with Gasteiger partial charge < -0.3 is 0 Å². The van der Waals surface area contributed by atoms with Gasteiger partial charge in [-0.05, 0) is 30.6 Å². The van der Waals surface area contributed by atoms with Crippen LogP contribution in [0, 0.1) is 28.8 Å². The average Bonchev–Trinajstić information content (AvgIpc) is 2.76. The third kappa shape index (κ3) is 2.98. The lowest BCUT2D eigenvalue weighted by Gasteiger charge is -2.36. The molecule has 1 aliphatic carbocycles. The minimum atomic E-state index is -0.906. The third-order valence-electron chi connectivity index (χ3n) is 4.25. The molecule has 1 aromatic carbocycles. The maximum atomic E-state index is 14.0. The number of alkyl halides is 1. The summed E-state index contributed by atoms with van der Waals surface area (Å²) in [5.41, 5.74) is -0.453. The smallest absolute Gasteiger partial charge is 0.133 e. The highest BCUT2D eigenvalue weighted by molar-refractivity contribution is 6.21. The minimum absolute atomic E-state index is 0.171. The van der Waals surface area contributed by atoms with E-state index in [1.54, 1.807) is 0 Å². The second kappa shape index (κ2) is 5.97. The molecule has 20 heavy (non-hydrogen) atoms. The van der Waals surface area contributed by atoms with Crippen LogP contribution in [0.1, 0.15) is 56.9 Å². The lowest BCUT2D eigenvalue weighted by atomic mass is 9.73. The number of halogens is 4. The van der Waals surface area contributed by atoms with Crippen LogP contribution in [0.15, 0.2) is 12.1 Å². The molecule has 0 spiro atoms. The number of benzene rings is 1. The Morgan fingerprint density at radius 3 is 2.05 bits per heavy atom. The molecule has 0 heterocycles. The molecule has 2 rings (SSSR count). The van der Waals surface area contributed by atoms with Gasteiger partial charge >= 0.3 is 0 Å². The Kier molecular flexibility index (Phi) is 4.68. The summed E-state index contributed by atoms with van der Waals surface area (Å²) in [6.07, 6.45) is 4.63. The van der Waals surface area contributed by atoms with Gasteiger partial charge in [0.1, 0.15) is 17.5 Å². The molecule has 112 valence electrons. The highest BCUT2D eigenvalue weighted by atomic mass is 35.5. The van der Waals surface area contributed by atoms with E-state index in [1.165, 1.54) is 0 Å². The highest BCUT2D eigenvalue weighted by Crippen LogP contribution is 2.55. The number of rotatable bonds is 4. The molecule has 1 aromatic rings. The lowest BCUT2D eigenvalue weighted by Crippen LogP contribution is -2.26. The van der Waals surface area contributed by atoms with Gasteiger partial charge in [0.25, 0.3) is 0 Å². The van der Waals surface area contributed by atoms with Crippen LogP contribution in [0.3, 0.4) is 0 Å². The number of hydrogen-bond donors (Lipinski definition) is 0. The van der Waals surface area contributed by atoms with Crippen molar-refractivity contribution in [2.24, 2.45) is 11.3 Å². The average molecular weight is 305 g/mol. The molecule has 0 aromatic heterocycles. The van der Waals surface area contributed by atoms with Crippen molar-refractivity contribution in [3.63, 3.8) is 0 Å². The standard InChI is InChI=1S/C16H20ClF3/c1-10(2)9-16(5-3-4-6-16)15(17)14-12(19)7-11(18)8-13(14)20/h7-8,10,15H,3-6,9H2,1-2H3. The summed E-state index contributed by atoms with van der Waals surface area (Å²) in [5, 5.41) is -0.743. The second-order valence-corrected chi connectivity index (χ2v) is 6.75. The van der Waals surface area contributed by atoms with Crippen molar-refractivity contribution >= 4 is 11.6 Å². The molecular formula is C16H20ClF3. The van der Waals surface area contributed by atoms with Crippen molar-refractivity contribution in [3.05, 3.63) is 35.1 Å². The first-order chi connectivity index (χ1) is 9.35. The monoisotopic (exact) mass is 304 g/mol. The Hall–Kier alpha value is -0.700. The molecule has 1 unspecified atom stereocenters. The van der Waals surface area contributed by atoms with Crippen molar-refractivity contribution in [2.45, 2.75) is 51.3 Å². The summed E-state index contributed by atoms with van der Waals surface area (Å²) in [4.78, 5) is 0. The molecule has 0 radical (unpaired) electrons. The lowest BCUT2D eigenvalue weighted by molar-refractivity contribution is 0.217. The first-order valence-electron chi connectivity index (χ1n) is 7.14. The Labute approximate surface area is 123 Å². The van der Waals surface area contributed by atoms with Gasteiger partial charge in [-0.1, -0.05) is 26.7 Å². The molecule has 0 N–H and O–H groups in total. The summed E-state index contributed by atoms with van der Waals surface area (Å²) in [5.74, 6) is -2.26. The Bertz CT molecular complexity index is 456. The van der Waals surface area contributed by atoms with Gasteiger partial charge in [0, 0.05) is 17.7 Å². The molecule has 0 nitrogen and oxygen atoms in total. The van der Waals surface area contributed by atoms with E-state index >= 15 is 0 Å². The molecule has 0 saturated heterocycles. The summed E-state index contributed by atoms with van der Waals surface area (Å²) in [7, 11) is 0. The predicted molar refractivity (Wildman–Crippen MR) is 75.3 cm³/mol. The van der Waals surface area contributed by atoms with E-state index in [-0.39, 0.29) is 11.0 Å². The Balaban J connectivity index is 2.40. The van der Waals surface area contributed by atoms with Gasteiger partial charge in [-0.3, -0.25) is 0 Å². The van der Waals surface area contributed by atoms with Gasteiger partial charge in [-0.25, -0.2) is 13.2 Å². The number of hydrogen-bond acceptors (Lipinski definition) is 0. The highest BCUT2D eigenvalue weighted by Gasteiger charge is 2.43. The third-order valence-corrected chi connectivity index (χ3v) is 4.93. The van der Waals surface area contributed by atoms with E-state index in [0.29, 0.717) is 18.1 Å². The van der Waals surface area contributed by atoms with Gasteiger partial charge in [-0.15, -0.1) is 11.6 Å². The van der Waals surface area contributed by atoms with E-state index in [1.807, 2.05) is 0 Å². The summed E-state index contributed by atoms with van der Waals surface area (Å²) in [6.45, 7) is 4.17. The zero-order valence-corrected chi connectivity index (χ0v) is 12.6. The van der Waals surface area contributed by atoms with Crippen molar-refractivity contribution in [1.29, 1.82) is 0 Å². The molecule has 1 aliphatic rings. The first-order valence-corrected chi connectivity index (χ1v) is 7.58. The van der Waals surface area contributed by atoms with E-state index in [4.69, 9.17) is 11.6 Å². The van der Waals surface area contributed by atoms with E-state index in [2.05, 4.69) is 13.8 Å². The van der Waals surface area contributed by atoms with Crippen LogP contribution in [0.2, 0.25) is 0 Å². The molecular weight excluding hydrogens is 285 g/mol. The predicted octanol–water partition coefficient (Wildman–Crippen LogP) is 5.99. The normalized spacial score (nSPS) is 19.6. The van der Waals surface area contributed by atoms with Crippen molar-refractivity contribution in [1.82, 2.24) is 0 Å². The van der Waals surface area contributed by atoms with Crippen molar-refractivity contribution in [2.75, 3.05) is 0 Å². The summed E-state index contributed by atoms with van der Waals surface area (Å²) >= 11 is 6.47. The molecule has 0 bridgehead atoms. The van der Waals surface area contributed by atoms with Gasteiger partial charge in [0.05, 0.1) is 5.38 Å². The van der Waals surface area contributed by atoms with Crippen LogP contribution < -0.4 is 0 Å². The second-order valence-electron chi connectivity index (χ2n) is 6.31. The summed E-state index contributed by atoms with van der Waals surface area (Å²) in [6, 6.07) is 1.43. The van der Waals surface area contributed by atoms with Gasteiger partial charge in [-0.2, -0.15) is 0 Å². The first kappa shape index (κ1) is 15.7. The SMILES string of the molecule is CC(C)CC1(C(Cl)c2c(F)cc(F)cc2F)CCCC1. The Morgan fingerprint density at radius 1 is 1.10 bits per heavy atom. The van der Waals surface area contributed by atoms with E-state index in [0.717, 1.165) is 32.1 Å². The zero-order chi connectivity index (χ0) is 14.9. The fourth-order valence-corrected chi connectivity index (χ4v) is 4.07. The van der Waals surface area contributed by atoms with E-state index in [9.17, 15) is 13.2 Å². The maximum absolute atomic E-state index is 14.0. The van der Waals surface area contributed by atoms with Crippen LogP contribution in [0.5, 0.6) is 0 Å². The van der Waals surface area contributed by atoms with Crippen LogP contribution in [0.4, 0.5) is 13.2 Å². The topological polar surface area (TPSA) is 0 Å². The van der Waals surface area contributed by atoms with E-state index < -0.39 is 22.8 Å². The fourth-order valence-electron chi connectivity index (χ4n) is 3.55. The van der Waals surface area contributed by atoms with Gasteiger partial charge in [0.15, 0.2) is 0 Å². The van der Waals surface area contributed by atoms with Crippen LogP contribution in [-0.2, 0) is 0 Å². The fraction of sp³-hybridized carbons (Fsp3) is 0.625. The molecule has 1 atom stereocenters. The van der Waals surface area contributed by atoms with Crippen LogP contribution in [-0.4, -0.2) is 0 Å². The molecule has 1 fully saturated rings. The van der Waals surface area contributed by atoms with Crippen molar-refractivity contribution in [3.8, 4) is 0 Å². The minimum Gasteiger partial charge on any atom is -0.207 e. The molecule has 4 heteroatoms. The Morgan fingerprint density at radius 2 is 1.60 bits per heavy atom.